The normalized spacial score (nSPS) is 18.9. The minimum atomic E-state index is 0.248. The van der Waals surface area contributed by atoms with E-state index in [0.717, 1.165) is 31.8 Å². The molecule has 1 unspecified atom stereocenters. The zero-order chi connectivity index (χ0) is 15.2. The Morgan fingerprint density at radius 2 is 2.10 bits per heavy atom. The van der Waals surface area contributed by atoms with Gasteiger partial charge in [-0.2, -0.15) is 0 Å². The van der Waals surface area contributed by atoms with Crippen LogP contribution in [0.15, 0.2) is 24.3 Å². The molecule has 0 bridgehead atoms. The summed E-state index contributed by atoms with van der Waals surface area (Å²) in [5.74, 6) is 1.74. The number of rotatable bonds is 5. The summed E-state index contributed by atoms with van der Waals surface area (Å²) in [7, 11) is 3.66. The lowest BCUT2D eigenvalue weighted by Crippen LogP contribution is -2.43. The lowest BCUT2D eigenvalue weighted by atomic mass is 10.0. The molecule has 1 aromatic rings. The molecule has 0 spiro atoms. The summed E-state index contributed by atoms with van der Waals surface area (Å²) in [5, 5.41) is 0. The summed E-state index contributed by atoms with van der Waals surface area (Å²) in [6, 6.07) is 8.00. The lowest BCUT2D eigenvalue weighted by molar-refractivity contribution is -0.133. The number of amides is 1. The van der Waals surface area contributed by atoms with Crippen LogP contribution in [-0.2, 0) is 11.3 Å². The van der Waals surface area contributed by atoms with Gasteiger partial charge in [-0.05, 0) is 43.5 Å². The molecular weight excluding hydrogens is 264 g/mol. The Hall–Kier alpha value is -1.55. The maximum atomic E-state index is 12.3. The van der Waals surface area contributed by atoms with E-state index in [1.165, 1.54) is 12.0 Å². The second kappa shape index (κ2) is 7.46. The maximum absolute atomic E-state index is 12.3. The molecule has 2 rings (SSSR count). The Kier molecular flexibility index (Phi) is 5.62. The number of nitrogens with zero attached hydrogens (tertiary/aromatic N) is 2. The molecule has 1 fully saturated rings. The first-order valence-corrected chi connectivity index (χ1v) is 7.67. The predicted octanol–water partition coefficient (Wildman–Crippen LogP) is 2.39. The third-order valence-corrected chi connectivity index (χ3v) is 4.03. The van der Waals surface area contributed by atoms with Crippen LogP contribution in [0.1, 0.15) is 25.3 Å². The van der Waals surface area contributed by atoms with Gasteiger partial charge in [0.1, 0.15) is 5.75 Å². The number of carbonyl (C=O) groups is 1. The monoisotopic (exact) mass is 290 g/mol. The highest BCUT2D eigenvalue weighted by Crippen LogP contribution is 2.16. The average Bonchev–Trinajstić information content (AvgIpc) is 2.48. The van der Waals surface area contributed by atoms with Crippen molar-refractivity contribution >= 4 is 5.91 Å². The van der Waals surface area contributed by atoms with Gasteiger partial charge in [0.05, 0.1) is 13.7 Å². The molecule has 1 heterocycles. The molecule has 0 aromatic heterocycles. The molecule has 1 atom stereocenters. The fraction of sp³-hybridized carbons (Fsp3) is 0.588. The zero-order valence-electron chi connectivity index (χ0n) is 13.3. The number of ether oxygens (including phenoxy) is 1. The summed E-state index contributed by atoms with van der Waals surface area (Å²) in [4.78, 5) is 16.4. The van der Waals surface area contributed by atoms with Gasteiger partial charge in [-0.25, -0.2) is 0 Å². The van der Waals surface area contributed by atoms with Crippen molar-refractivity contribution in [1.82, 2.24) is 9.80 Å². The van der Waals surface area contributed by atoms with E-state index in [1.54, 1.807) is 7.11 Å². The molecule has 4 heteroatoms. The lowest BCUT2D eigenvalue weighted by Gasteiger charge is -2.32. The summed E-state index contributed by atoms with van der Waals surface area (Å²) in [6.07, 6.45) is 2.38. The number of benzene rings is 1. The SMILES string of the molecule is COc1ccc(CN(C)CC(=O)N2CCCC(C)C2)cc1. The van der Waals surface area contributed by atoms with Crippen molar-refractivity contribution in [2.45, 2.75) is 26.3 Å². The number of carbonyl (C=O) groups excluding carboxylic acids is 1. The summed E-state index contributed by atoms with van der Waals surface area (Å²) in [6.45, 7) is 5.31. The van der Waals surface area contributed by atoms with Gasteiger partial charge >= 0.3 is 0 Å². The summed E-state index contributed by atoms with van der Waals surface area (Å²) < 4.78 is 5.15. The van der Waals surface area contributed by atoms with Crippen molar-refractivity contribution in [2.24, 2.45) is 5.92 Å². The Bertz CT molecular complexity index is 458. The van der Waals surface area contributed by atoms with Crippen LogP contribution < -0.4 is 4.74 Å². The average molecular weight is 290 g/mol. The molecule has 1 saturated heterocycles. The molecule has 116 valence electrons. The van der Waals surface area contributed by atoms with Crippen LogP contribution in [-0.4, -0.2) is 49.5 Å². The molecule has 0 aliphatic carbocycles. The molecular formula is C17H26N2O2. The van der Waals surface area contributed by atoms with Crippen LogP contribution in [0.3, 0.4) is 0 Å². The van der Waals surface area contributed by atoms with E-state index >= 15 is 0 Å². The van der Waals surface area contributed by atoms with E-state index in [1.807, 2.05) is 36.2 Å². The van der Waals surface area contributed by atoms with Crippen molar-refractivity contribution in [2.75, 3.05) is 33.8 Å². The minimum absolute atomic E-state index is 0.248. The minimum Gasteiger partial charge on any atom is -0.497 e. The van der Waals surface area contributed by atoms with Gasteiger partial charge in [0.2, 0.25) is 5.91 Å². The van der Waals surface area contributed by atoms with Gasteiger partial charge in [0, 0.05) is 19.6 Å². The highest BCUT2D eigenvalue weighted by Gasteiger charge is 2.21. The van der Waals surface area contributed by atoms with E-state index in [-0.39, 0.29) is 5.91 Å². The van der Waals surface area contributed by atoms with Crippen molar-refractivity contribution in [1.29, 1.82) is 0 Å². The van der Waals surface area contributed by atoms with Gasteiger partial charge < -0.3 is 9.64 Å². The maximum Gasteiger partial charge on any atom is 0.236 e. The van der Waals surface area contributed by atoms with Crippen molar-refractivity contribution < 1.29 is 9.53 Å². The van der Waals surface area contributed by atoms with Crippen molar-refractivity contribution in [3.63, 3.8) is 0 Å². The van der Waals surface area contributed by atoms with E-state index in [0.29, 0.717) is 12.5 Å². The number of hydrogen-bond donors (Lipinski definition) is 0. The van der Waals surface area contributed by atoms with Crippen LogP contribution in [0.5, 0.6) is 5.75 Å². The van der Waals surface area contributed by atoms with E-state index in [4.69, 9.17) is 4.74 Å². The fourth-order valence-corrected chi connectivity index (χ4v) is 2.85. The first-order valence-electron chi connectivity index (χ1n) is 7.67. The highest BCUT2D eigenvalue weighted by molar-refractivity contribution is 5.78. The number of piperidine rings is 1. The molecule has 4 nitrogen and oxygen atoms in total. The van der Waals surface area contributed by atoms with Gasteiger partial charge in [-0.3, -0.25) is 9.69 Å². The standard InChI is InChI=1S/C17H26N2O2/c1-14-5-4-10-19(11-14)17(20)13-18(2)12-15-6-8-16(21-3)9-7-15/h6-9,14H,4-5,10-13H2,1-3H3. The van der Waals surface area contributed by atoms with E-state index in [2.05, 4.69) is 11.8 Å². The number of methoxy groups -OCH3 is 1. The Morgan fingerprint density at radius 3 is 2.71 bits per heavy atom. The molecule has 1 amide bonds. The third kappa shape index (κ3) is 4.74. The third-order valence-electron chi connectivity index (χ3n) is 4.03. The Labute approximate surface area is 127 Å². The molecule has 1 aliphatic heterocycles. The topological polar surface area (TPSA) is 32.8 Å². The van der Waals surface area contributed by atoms with Gasteiger partial charge in [0.25, 0.3) is 0 Å². The predicted molar refractivity (Wildman–Crippen MR) is 84.3 cm³/mol. The van der Waals surface area contributed by atoms with Gasteiger partial charge in [-0.1, -0.05) is 19.1 Å². The first kappa shape index (κ1) is 15.8. The highest BCUT2D eigenvalue weighted by atomic mass is 16.5. The largest absolute Gasteiger partial charge is 0.497 e. The van der Waals surface area contributed by atoms with Crippen molar-refractivity contribution in [3.8, 4) is 5.75 Å². The Morgan fingerprint density at radius 1 is 1.38 bits per heavy atom. The van der Waals surface area contributed by atoms with Gasteiger partial charge in [-0.15, -0.1) is 0 Å². The van der Waals surface area contributed by atoms with E-state index < -0.39 is 0 Å². The van der Waals surface area contributed by atoms with Crippen LogP contribution in [0.25, 0.3) is 0 Å². The second-order valence-corrected chi connectivity index (χ2v) is 6.11. The second-order valence-electron chi connectivity index (χ2n) is 6.11. The first-order chi connectivity index (χ1) is 10.1. The van der Waals surface area contributed by atoms with Crippen LogP contribution in [0.2, 0.25) is 0 Å². The van der Waals surface area contributed by atoms with Crippen molar-refractivity contribution in [3.05, 3.63) is 29.8 Å². The zero-order valence-corrected chi connectivity index (χ0v) is 13.3. The van der Waals surface area contributed by atoms with Gasteiger partial charge in [0.15, 0.2) is 0 Å². The number of likely N-dealkylation sites (tertiary alicyclic amines) is 1. The number of hydrogen-bond acceptors (Lipinski definition) is 3. The van der Waals surface area contributed by atoms with Crippen LogP contribution in [0.4, 0.5) is 0 Å². The van der Waals surface area contributed by atoms with Crippen LogP contribution >= 0.6 is 0 Å². The van der Waals surface area contributed by atoms with E-state index in [9.17, 15) is 4.79 Å². The number of likely N-dealkylation sites (N-methyl/N-ethyl adjacent to an activating group) is 1. The molecule has 21 heavy (non-hydrogen) atoms. The summed E-state index contributed by atoms with van der Waals surface area (Å²) >= 11 is 0. The molecule has 1 aromatic carbocycles. The Balaban J connectivity index is 1.82. The summed E-state index contributed by atoms with van der Waals surface area (Å²) in [5.41, 5.74) is 1.19. The fourth-order valence-electron chi connectivity index (χ4n) is 2.85. The molecule has 0 N–H and O–H groups in total. The van der Waals surface area contributed by atoms with Crippen LogP contribution in [0, 0.1) is 5.92 Å². The smallest absolute Gasteiger partial charge is 0.236 e. The molecule has 1 aliphatic rings. The molecule has 0 saturated carbocycles. The quantitative estimate of drug-likeness (QED) is 0.835. The molecule has 0 radical (unpaired) electrons.